The molecule has 6 nitrogen and oxygen atoms in total. The molecular formula is C24H26N2O4S. The number of hydrogen-bond acceptors (Lipinski definition) is 4. The van der Waals surface area contributed by atoms with E-state index in [1.54, 1.807) is 55.6 Å². The van der Waals surface area contributed by atoms with E-state index < -0.39 is 10.0 Å². The van der Waals surface area contributed by atoms with E-state index in [9.17, 15) is 13.2 Å². The van der Waals surface area contributed by atoms with Gasteiger partial charge in [-0.2, -0.15) is 0 Å². The van der Waals surface area contributed by atoms with Crippen molar-refractivity contribution in [3.63, 3.8) is 0 Å². The fourth-order valence-corrected chi connectivity index (χ4v) is 4.36. The lowest BCUT2D eigenvalue weighted by molar-refractivity contribution is -0.116. The molecule has 0 saturated heterocycles. The van der Waals surface area contributed by atoms with E-state index in [1.165, 1.54) is 0 Å². The van der Waals surface area contributed by atoms with E-state index in [1.807, 2.05) is 37.3 Å². The number of ether oxygens (including phenoxy) is 1. The summed E-state index contributed by atoms with van der Waals surface area (Å²) in [6.07, 6.45) is 0.788. The molecule has 3 aromatic carbocycles. The van der Waals surface area contributed by atoms with Crippen molar-refractivity contribution in [1.29, 1.82) is 0 Å². The zero-order valence-corrected chi connectivity index (χ0v) is 18.4. The molecule has 0 saturated carbocycles. The summed E-state index contributed by atoms with van der Waals surface area (Å²) in [5, 5.41) is 2.83. The minimum Gasteiger partial charge on any atom is -0.497 e. The molecular weight excluding hydrogens is 412 g/mol. The van der Waals surface area contributed by atoms with Gasteiger partial charge in [0.15, 0.2) is 0 Å². The first-order valence-corrected chi connectivity index (χ1v) is 11.5. The molecule has 0 radical (unpaired) electrons. The molecule has 3 aromatic rings. The van der Waals surface area contributed by atoms with E-state index in [4.69, 9.17) is 4.74 Å². The molecule has 0 fully saturated rings. The minimum absolute atomic E-state index is 0.122. The quantitative estimate of drug-likeness (QED) is 0.522. The zero-order valence-electron chi connectivity index (χ0n) is 17.5. The molecule has 0 spiro atoms. The van der Waals surface area contributed by atoms with E-state index >= 15 is 0 Å². The maximum absolute atomic E-state index is 12.7. The fraction of sp³-hybridized carbons (Fsp3) is 0.208. The van der Waals surface area contributed by atoms with Crippen molar-refractivity contribution in [2.75, 3.05) is 12.4 Å². The highest BCUT2D eigenvalue weighted by Gasteiger charge is 2.18. The molecule has 0 unspecified atom stereocenters. The van der Waals surface area contributed by atoms with Crippen LogP contribution in [0, 0.1) is 0 Å². The lowest BCUT2D eigenvalue weighted by Crippen LogP contribution is -2.26. The van der Waals surface area contributed by atoms with Crippen LogP contribution in [0.15, 0.2) is 83.8 Å². The summed E-state index contributed by atoms with van der Waals surface area (Å²) < 4.78 is 33.2. The van der Waals surface area contributed by atoms with Gasteiger partial charge in [0.25, 0.3) is 0 Å². The average Bonchev–Trinajstić information content (AvgIpc) is 2.78. The lowest BCUT2D eigenvalue weighted by Gasteiger charge is -2.15. The predicted octanol–water partition coefficient (Wildman–Crippen LogP) is 4.31. The van der Waals surface area contributed by atoms with Gasteiger partial charge < -0.3 is 10.1 Å². The number of rotatable bonds is 9. The summed E-state index contributed by atoms with van der Waals surface area (Å²) in [6, 6.07) is 22.8. The van der Waals surface area contributed by atoms with Crippen LogP contribution in [0.25, 0.3) is 0 Å². The van der Waals surface area contributed by atoms with Crippen LogP contribution in [0.1, 0.15) is 30.5 Å². The van der Waals surface area contributed by atoms with Crippen LogP contribution in [0.3, 0.4) is 0 Å². The highest BCUT2D eigenvalue weighted by molar-refractivity contribution is 7.89. The Hall–Kier alpha value is -3.16. The lowest BCUT2D eigenvalue weighted by atomic mass is 10.1. The second-order valence-corrected chi connectivity index (χ2v) is 8.89. The third kappa shape index (κ3) is 6.41. The monoisotopic (exact) mass is 438 g/mol. The highest BCUT2D eigenvalue weighted by Crippen LogP contribution is 2.19. The summed E-state index contributed by atoms with van der Waals surface area (Å²) >= 11 is 0. The molecule has 0 aliphatic heterocycles. The Morgan fingerprint density at radius 2 is 1.68 bits per heavy atom. The number of methoxy groups -OCH3 is 1. The van der Waals surface area contributed by atoms with Crippen LogP contribution >= 0.6 is 0 Å². The first-order chi connectivity index (χ1) is 14.9. The largest absolute Gasteiger partial charge is 0.497 e. The summed E-state index contributed by atoms with van der Waals surface area (Å²) in [7, 11) is -2.07. The van der Waals surface area contributed by atoms with E-state index in [2.05, 4.69) is 10.0 Å². The Morgan fingerprint density at radius 1 is 0.968 bits per heavy atom. The zero-order chi connectivity index (χ0) is 22.3. The van der Waals surface area contributed by atoms with Gasteiger partial charge in [0.2, 0.25) is 15.9 Å². The number of nitrogens with one attached hydrogen (secondary N) is 2. The van der Waals surface area contributed by atoms with Crippen molar-refractivity contribution in [2.24, 2.45) is 0 Å². The third-order valence-electron chi connectivity index (χ3n) is 4.86. The van der Waals surface area contributed by atoms with Gasteiger partial charge in [-0.3, -0.25) is 4.79 Å². The normalized spacial score (nSPS) is 12.2. The summed E-state index contributed by atoms with van der Waals surface area (Å²) in [4.78, 5) is 12.4. The number of benzene rings is 3. The fourth-order valence-electron chi connectivity index (χ4n) is 3.13. The Balaban J connectivity index is 1.56. The Bertz CT molecular complexity index is 1110. The predicted molar refractivity (Wildman–Crippen MR) is 122 cm³/mol. The van der Waals surface area contributed by atoms with Crippen molar-refractivity contribution in [2.45, 2.75) is 30.7 Å². The number of hydrogen-bond donors (Lipinski definition) is 2. The summed E-state index contributed by atoms with van der Waals surface area (Å²) in [6.45, 7) is 1.81. The number of carbonyl (C=O) groups is 1. The van der Waals surface area contributed by atoms with Gasteiger partial charge in [-0.05, 0) is 48.7 Å². The Kier molecular flexibility index (Phi) is 7.44. The van der Waals surface area contributed by atoms with Crippen molar-refractivity contribution < 1.29 is 17.9 Å². The number of amides is 1. The van der Waals surface area contributed by atoms with Crippen LogP contribution in [-0.2, 0) is 21.2 Å². The van der Waals surface area contributed by atoms with Crippen LogP contribution in [0.4, 0.5) is 5.69 Å². The maximum atomic E-state index is 12.7. The number of sulfonamides is 1. The SMILES string of the molecule is COc1cccc(NC(=O)CCc2ccc(S(=O)(=O)N[C@@H](C)c3ccccc3)cc2)c1. The molecule has 0 aliphatic carbocycles. The van der Waals surface area contributed by atoms with Gasteiger partial charge in [-0.1, -0.05) is 48.5 Å². The minimum atomic E-state index is -3.64. The number of aryl methyl sites for hydroxylation is 1. The molecule has 162 valence electrons. The van der Waals surface area contributed by atoms with Gasteiger partial charge in [0.05, 0.1) is 12.0 Å². The van der Waals surface area contributed by atoms with Crippen LogP contribution in [0.5, 0.6) is 5.75 Å². The van der Waals surface area contributed by atoms with Crippen molar-refractivity contribution in [3.8, 4) is 5.75 Å². The van der Waals surface area contributed by atoms with Crippen LogP contribution in [0.2, 0.25) is 0 Å². The standard InChI is InChI=1S/C24H26N2O4S/c1-18(20-7-4-3-5-8-20)26-31(28,29)23-14-11-19(12-15-23)13-16-24(27)25-21-9-6-10-22(17-21)30-2/h3-12,14-15,17-18,26H,13,16H2,1-2H3,(H,25,27)/t18-/m0/s1. The second-order valence-electron chi connectivity index (χ2n) is 7.18. The third-order valence-corrected chi connectivity index (χ3v) is 6.42. The average molecular weight is 439 g/mol. The molecule has 0 heterocycles. The first kappa shape index (κ1) is 22.5. The van der Waals surface area contributed by atoms with Gasteiger partial charge in [-0.25, -0.2) is 13.1 Å². The van der Waals surface area contributed by atoms with Gasteiger partial charge >= 0.3 is 0 Å². The van der Waals surface area contributed by atoms with E-state index in [0.717, 1.165) is 11.1 Å². The van der Waals surface area contributed by atoms with Gasteiger partial charge in [0, 0.05) is 24.2 Å². The molecule has 0 aliphatic rings. The number of carbonyl (C=O) groups excluding carboxylic acids is 1. The molecule has 3 rings (SSSR count). The van der Waals surface area contributed by atoms with Crippen molar-refractivity contribution in [3.05, 3.63) is 90.0 Å². The van der Waals surface area contributed by atoms with E-state index in [-0.39, 0.29) is 23.3 Å². The van der Waals surface area contributed by atoms with E-state index in [0.29, 0.717) is 17.9 Å². The summed E-state index contributed by atoms with van der Waals surface area (Å²) in [5.41, 5.74) is 2.45. The number of anilines is 1. The molecule has 0 bridgehead atoms. The Morgan fingerprint density at radius 3 is 2.35 bits per heavy atom. The highest BCUT2D eigenvalue weighted by atomic mass is 32.2. The maximum Gasteiger partial charge on any atom is 0.241 e. The molecule has 1 atom stereocenters. The summed E-state index contributed by atoms with van der Waals surface area (Å²) in [5.74, 6) is 0.549. The molecule has 2 N–H and O–H groups in total. The van der Waals surface area contributed by atoms with Gasteiger partial charge in [0.1, 0.15) is 5.75 Å². The van der Waals surface area contributed by atoms with Gasteiger partial charge in [-0.15, -0.1) is 0 Å². The van der Waals surface area contributed by atoms with Crippen LogP contribution < -0.4 is 14.8 Å². The molecule has 1 amide bonds. The molecule has 31 heavy (non-hydrogen) atoms. The smallest absolute Gasteiger partial charge is 0.241 e. The Labute approximate surface area is 183 Å². The topological polar surface area (TPSA) is 84.5 Å². The molecule has 0 aromatic heterocycles. The van der Waals surface area contributed by atoms with Crippen LogP contribution in [-0.4, -0.2) is 21.4 Å². The molecule has 7 heteroatoms. The van der Waals surface area contributed by atoms with Crippen molar-refractivity contribution >= 4 is 21.6 Å². The first-order valence-electron chi connectivity index (χ1n) is 9.97. The van der Waals surface area contributed by atoms with Crippen molar-refractivity contribution in [1.82, 2.24) is 4.72 Å². The second kappa shape index (κ2) is 10.2.